The van der Waals surface area contributed by atoms with Gasteiger partial charge in [-0.2, -0.15) is 5.10 Å². The molecule has 1 aliphatic rings. The molecule has 1 atom stereocenters. The molecule has 0 aliphatic carbocycles. The number of benzene rings is 2. The lowest BCUT2D eigenvalue weighted by Crippen LogP contribution is -2.40. The number of aromatic amines is 1. The summed E-state index contributed by atoms with van der Waals surface area (Å²) >= 11 is 0. The van der Waals surface area contributed by atoms with Crippen LogP contribution in [0.15, 0.2) is 60.7 Å². The van der Waals surface area contributed by atoms with Crippen molar-refractivity contribution in [2.24, 2.45) is 0 Å². The standard InChI is InChI=1S/C20H21N3O2/c24-20(25-14-15-7-3-1-4-8-15)23-12-11-18-17(13-23)19(22-21-18)16-9-5-2-6-10-16/h1-10,20,24H,11-14H2,(H,21,22). The maximum absolute atomic E-state index is 10.4. The van der Waals surface area contributed by atoms with Gasteiger partial charge in [-0.3, -0.25) is 10.00 Å². The van der Waals surface area contributed by atoms with Crippen molar-refractivity contribution in [3.05, 3.63) is 77.5 Å². The third-order valence-electron chi connectivity index (χ3n) is 4.56. The number of aromatic nitrogens is 2. The summed E-state index contributed by atoms with van der Waals surface area (Å²) in [5.41, 5.74) is 5.37. The molecule has 5 nitrogen and oxygen atoms in total. The Balaban J connectivity index is 1.46. The van der Waals surface area contributed by atoms with Crippen molar-refractivity contribution < 1.29 is 9.84 Å². The van der Waals surface area contributed by atoms with Crippen molar-refractivity contribution in [3.8, 4) is 11.3 Å². The molecule has 3 aromatic rings. The number of nitrogens with one attached hydrogen (secondary N) is 1. The highest BCUT2D eigenvalue weighted by molar-refractivity contribution is 5.64. The maximum atomic E-state index is 10.4. The zero-order valence-electron chi connectivity index (χ0n) is 13.9. The van der Waals surface area contributed by atoms with E-state index in [0.717, 1.165) is 41.0 Å². The molecule has 25 heavy (non-hydrogen) atoms. The number of fused-ring (bicyclic) bond motifs is 1. The Hall–Kier alpha value is -2.47. The first-order chi connectivity index (χ1) is 12.3. The Morgan fingerprint density at radius 2 is 1.80 bits per heavy atom. The van der Waals surface area contributed by atoms with Crippen LogP contribution in [0.5, 0.6) is 0 Å². The Bertz CT molecular complexity index is 817. The summed E-state index contributed by atoms with van der Waals surface area (Å²) in [6.45, 7) is 1.74. The van der Waals surface area contributed by atoms with E-state index in [2.05, 4.69) is 22.3 Å². The third-order valence-corrected chi connectivity index (χ3v) is 4.56. The van der Waals surface area contributed by atoms with Crippen LogP contribution < -0.4 is 0 Å². The fraction of sp³-hybridized carbons (Fsp3) is 0.250. The zero-order valence-corrected chi connectivity index (χ0v) is 13.9. The zero-order chi connectivity index (χ0) is 17.1. The van der Waals surface area contributed by atoms with Gasteiger partial charge in [0.1, 0.15) is 0 Å². The molecule has 1 aliphatic heterocycles. The van der Waals surface area contributed by atoms with Gasteiger partial charge in [0.25, 0.3) is 0 Å². The first-order valence-electron chi connectivity index (χ1n) is 8.50. The van der Waals surface area contributed by atoms with Gasteiger partial charge in [-0.15, -0.1) is 0 Å². The molecule has 4 rings (SSSR count). The number of ether oxygens (including phenoxy) is 1. The first-order valence-corrected chi connectivity index (χ1v) is 8.50. The van der Waals surface area contributed by atoms with Crippen LogP contribution in [-0.2, 0) is 24.3 Å². The Kier molecular flexibility index (Phi) is 4.61. The lowest BCUT2D eigenvalue weighted by Gasteiger charge is -2.31. The fourth-order valence-electron chi connectivity index (χ4n) is 3.19. The van der Waals surface area contributed by atoms with Crippen molar-refractivity contribution in [1.29, 1.82) is 0 Å². The van der Waals surface area contributed by atoms with Crippen LogP contribution >= 0.6 is 0 Å². The van der Waals surface area contributed by atoms with E-state index in [1.54, 1.807) is 0 Å². The molecule has 0 saturated carbocycles. The minimum Gasteiger partial charge on any atom is -0.356 e. The highest BCUT2D eigenvalue weighted by atomic mass is 16.6. The summed E-state index contributed by atoms with van der Waals surface area (Å²) in [7, 11) is 0. The predicted molar refractivity (Wildman–Crippen MR) is 95.4 cm³/mol. The summed E-state index contributed by atoms with van der Waals surface area (Å²) in [6, 6.07) is 20.0. The second kappa shape index (κ2) is 7.19. The SMILES string of the molecule is OC(OCc1ccccc1)N1CCc2[nH]nc(-c3ccccc3)c2C1. The van der Waals surface area contributed by atoms with Crippen molar-refractivity contribution >= 4 is 0 Å². The van der Waals surface area contributed by atoms with Crippen LogP contribution in [0.4, 0.5) is 0 Å². The molecule has 2 N–H and O–H groups in total. The van der Waals surface area contributed by atoms with Gasteiger partial charge in [0.2, 0.25) is 6.41 Å². The normalized spacial score (nSPS) is 15.7. The summed E-state index contributed by atoms with van der Waals surface area (Å²) in [5, 5.41) is 18.1. The van der Waals surface area contributed by atoms with Gasteiger partial charge in [0.15, 0.2) is 0 Å². The van der Waals surface area contributed by atoms with Crippen LogP contribution in [0.1, 0.15) is 16.8 Å². The molecular formula is C20H21N3O2. The quantitative estimate of drug-likeness (QED) is 0.704. The Morgan fingerprint density at radius 1 is 1.08 bits per heavy atom. The van der Waals surface area contributed by atoms with E-state index in [1.165, 1.54) is 0 Å². The van der Waals surface area contributed by atoms with Crippen LogP contribution in [-0.4, -0.2) is 33.2 Å². The molecule has 0 amide bonds. The van der Waals surface area contributed by atoms with E-state index in [-0.39, 0.29) is 0 Å². The summed E-state index contributed by atoms with van der Waals surface area (Å²) in [6.07, 6.45) is -0.104. The number of aliphatic hydroxyl groups is 1. The van der Waals surface area contributed by atoms with Crippen LogP contribution in [0.25, 0.3) is 11.3 Å². The molecule has 128 valence electrons. The van der Waals surface area contributed by atoms with E-state index < -0.39 is 6.41 Å². The minimum absolute atomic E-state index is 0.391. The number of hydrogen-bond acceptors (Lipinski definition) is 4. The lowest BCUT2D eigenvalue weighted by molar-refractivity contribution is -0.204. The molecule has 0 fully saturated rings. The second-order valence-corrected chi connectivity index (χ2v) is 6.24. The van der Waals surface area contributed by atoms with E-state index in [9.17, 15) is 5.11 Å². The lowest BCUT2D eigenvalue weighted by atomic mass is 10.0. The molecule has 2 heterocycles. The average molecular weight is 335 g/mol. The van der Waals surface area contributed by atoms with Crippen LogP contribution in [0.3, 0.4) is 0 Å². The van der Waals surface area contributed by atoms with Crippen molar-refractivity contribution in [3.63, 3.8) is 0 Å². The van der Waals surface area contributed by atoms with Gasteiger partial charge in [-0.25, -0.2) is 0 Å². The van der Waals surface area contributed by atoms with Crippen molar-refractivity contribution in [2.45, 2.75) is 26.0 Å². The van der Waals surface area contributed by atoms with Gasteiger partial charge in [0, 0.05) is 36.3 Å². The first kappa shape index (κ1) is 16.0. The third kappa shape index (κ3) is 3.49. The molecule has 0 bridgehead atoms. The summed E-state index contributed by atoms with van der Waals surface area (Å²) in [5.74, 6) is 0. The van der Waals surface area contributed by atoms with Gasteiger partial charge in [0.05, 0.1) is 12.3 Å². The fourth-order valence-corrected chi connectivity index (χ4v) is 3.19. The van der Waals surface area contributed by atoms with E-state index >= 15 is 0 Å². The van der Waals surface area contributed by atoms with Crippen LogP contribution in [0.2, 0.25) is 0 Å². The van der Waals surface area contributed by atoms with Crippen molar-refractivity contribution in [2.75, 3.05) is 6.54 Å². The average Bonchev–Trinajstić information content (AvgIpc) is 3.11. The van der Waals surface area contributed by atoms with Gasteiger partial charge in [-0.05, 0) is 5.56 Å². The topological polar surface area (TPSA) is 61.4 Å². The predicted octanol–water partition coefficient (Wildman–Crippen LogP) is 2.93. The summed E-state index contributed by atoms with van der Waals surface area (Å²) < 4.78 is 5.66. The molecule has 0 radical (unpaired) electrons. The molecule has 0 saturated heterocycles. The van der Waals surface area contributed by atoms with Gasteiger partial charge >= 0.3 is 0 Å². The maximum Gasteiger partial charge on any atom is 0.216 e. The van der Waals surface area contributed by atoms with E-state index in [1.807, 2.05) is 53.4 Å². The molecule has 0 spiro atoms. The summed E-state index contributed by atoms with van der Waals surface area (Å²) in [4.78, 5) is 1.94. The smallest absolute Gasteiger partial charge is 0.216 e. The minimum atomic E-state index is -0.924. The number of aliphatic hydroxyl groups excluding tert-OH is 1. The molecule has 2 aromatic carbocycles. The van der Waals surface area contributed by atoms with Crippen molar-refractivity contribution in [1.82, 2.24) is 15.1 Å². The molecule has 1 aromatic heterocycles. The van der Waals surface area contributed by atoms with Gasteiger partial charge < -0.3 is 9.84 Å². The molecule has 1 unspecified atom stereocenters. The highest BCUT2D eigenvalue weighted by Gasteiger charge is 2.26. The monoisotopic (exact) mass is 335 g/mol. The molecular weight excluding hydrogens is 314 g/mol. The Morgan fingerprint density at radius 3 is 2.56 bits per heavy atom. The van der Waals surface area contributed by atoms with Crippen LogP contribution in [0, 0.1) is 0 Å². The largest absolute Gasteiger partial charge is 0.356 e. The Labute approximate surface area is 146 Å². The highest BCUT2D eigenvalue weighted by Crippen LogP contribution is 2.28. The number of rotatable bonds is 5. The van der Waals surface area contributed by atoms with E-state index in [0.29, 0.717) is 13.2 Å². The second-order valence-electron chi connectivity index (χ2n) is 6.24. The molecule has 5 heteroatoms. The number of nitrogens with zero attached hydrogens (tertiary/aromatic N) is 2. The number of H-pyrrole nitrogens is 1. The van der Waals surface area contributed by atoms with E-state index in [4.69, 9.17) is 4.74 Å². The number of hydrogen-bond donors (Lipinski definition) is 2. The van der Waals surface area contributed by atoms with Gasteiger partial charge in [-0.1, -0.05) is 60.7 Å².